The number of fused-ring (bicyclic) bond motifs is 1. The second-order valence-electron chi connectivity index (χ2n) is 5.91. The van der Waals surface area contributed by atoms with Gasteiger partial charge in [0.25, 0.3) is 0 Å². The number of carboxylic acid groups (broad SMARTS) is 1. The molecule has 1 amide bonds. The van der Waals surface area contributed by atoms with Crippen molar-refractivity contribution in [2.24, 2.45) is 0 Å². The number of nitrogens with zero attached hydrogens (tertiary/aromatic N) is 1. The highest BCUT2D eigenvalue weighted by Gasteiger charge is 2.30. The molecule has 0 saturated carbocycles. The van der Waals surface area contributed by atoms with Gasteiger partial charge in [-0.2, -0.15) is 0 Å². The van der Waals surface area contributed by atoms with E-state index >= 15 is 0 Å². The fraction of sp³-hybridized carbons (Fsp3) is 0.375. The summed E-state index contributed by atoms with van der Waals surface area (Å²) in [5.41, 5.74) is 1.90. The van der Waals surface area contributed by atoms with Crippen LogP contribution >= 0.6 is 0 Å². The first-order valence-corrected chi connectivity index (χ1v) is 6.81. The Hall–Kier alpha value is -2.30. The zero-order chi connectivity index (χ0) is 15.6. The second-order valence-corrected chi connectivity index (χ2v) is 5.91. The van der Waals surface area contributed by atoms with Gasteiger partial charge in [-0.1, -0.05) is 18.2 Å². The first-order chi connectivity index (χ1) is 9.78. The molecule has 1 aromatic rings. The third-order valence-corrected chi connectivity index (χ3v) is 3.04. The van der Waals surface area contributed by atoms with Gasteiger partial charge in [-0.25, -0.2) is 9.59 Å². The number of benzene rings is 1. The number of carboxylic acids is 1. The Morgan fingerprint density at radius 1 is 1.33 bits per heavy atom. The molecule has 5 nitrogen and oxygen atoms in total. The van der Waals surface area contributed by atoms with Crippen molar-refractivity contribution in [1.82, 2.24) is 0 Å². The maximum absolute atomic E-state index is 12.3. The molecule has 1 N–H and O–H groups in total. The second kappa shape index (κ2) is 5.60. The van der Waals surface area contributed by atoms with Crippen molar-refractivity contribution in [2.45, 2.75) is 32.8 Å². The summed E-state index contributed by atoms with van der Waals surface area (Å²) in [6.07, 6.45) is 2.91. The summed E-state index contributed by atoms with van der Waals surface area (Å²) in [6, 6.07) is 5.59. The summed E-state index contributed by atoms with van der Waals surface area (Å²) in [7, 11) is 0. The summed E-state index contributed by atoms with van der Waals surface area (Å²) in [6.45, 7) is 6.00. The monoisotopic (exact) mass is 289 g/mol. The normalized spacial score (nSPS) is 14.3. The minimum atomic E-state index is -1.02. The van der Waals surface area contributed by atoms with Gasteiger partial charge in [-0.15, -0.1) is 0 Å². The lowest BCUT2D eigenvalue weighted by atomic mass is 10.1. The Balaban J connectivity index is 2.33. The standard InChI is InChI=1S/C16H19NO4/c1-16(2,3)21-15(20)17-10-9-12-6-4-5-11(14(12)17)7-8-13(18)19/h4-8H,9-10H2,1-3H3,(H,18,19)/b8-7-. The molecule has 5 heteroatoms. The van der Waals surface area contributed by atoms with Crippen LogP contribution in [0.1, 0.15) is 31.9 Å². The fourth-order valence-electron chi connectivity index (χ4n) is 2.28. The van der Waals surface area contributed by atoms with Gasteiger partial charge in [0.2, 0.25) is 0 Å². The zero-order valence-corrected chi connectivity index (χ0v) is 12.4. The molecule has 1 heterocycles. The van der Waals surface area contributed by atoms with Crippen LogP contribution in [0, 0.1) is 0 Å². The van der Waals surface area contributed by atoms with Crippen LogP contribution in [-0.4, -0.2) is 29.3 Å². The highest BCUT2D eigenvalue weighted by molar-refractivity contribution is 5.95. The predicted molar refractivity (Wildman–Crippen MR) is 80.4 cm³/mol. The Morgan fingerprint density at radius 2 is 2.05 bits per heavy atom. The Kier molecular flexibility index (Phi) is 4.02. The van der Waals surface area contributed by atoms with Crippen molar-refractivity contribution in [2.75, 3.05) is 11.4 Å². The van der Waals surface area contributed by atoms with Gasteiger partial charge in [0.1, 0.15) is 5.60 Å². The molecule has 1 aromatic carbocycles. The largest absolute Gasteiger partial charge is 0.478 e. The van der Waals surface area contributed by atoms with Crippen molar-refractivity contribution < 1.29 is 19.4 Å². The summed E-state index contributed by atoms with van der Waals surface area (Å²) in [5, 5.41) is 8.76. The molecule has 0 saturated heterocycles. The number of hydrogen-bond donors (Lipinski definition) is 1. The first kappa shape index (κ1) is 15.1. The number of aliphatic carboxylic acids is 1. The minimum absolute atomic E-state index is 0.405. The molecule has 0 spiro atoms. The zero-order valence-electron chi connectivity index (χ0n) is 12.4. The summed E-state index contributed by atoms with van der Waals surface area (Å²) in [5.74, 6) is -1.02. The topological polar surface area (TPSA) is 66.8 Å². The van der Waals surface area contributed by atoms with E-state index in [9.17, 15) is 9.59 Å². The molecule has 2 rings (SSSR count). The number of para-hydroxylation sites is 1. The van der Waals surface area contributed by atoms with E-state index in [4.69, 9.17) is 9.84 Å². The molecular weight excluding hydrogens is 270 g/mol. The van der Waals surface area contributed by atoms with Crippen LogP contribution in [-0.2, 0) is 16.0 Å². The molecule has 21 heavy (non-hydrogen) atoms. The lowest BCUT2D eigenvalue weighted by Crippen LogP contribution is -2.36. The number of carbonyl (C=O) groups is 2. The quantitative estimate of drug-likeness (QED) is 0.850. The molecule has 0 aromatic heterocycles. The van der Waals surface area contributed by atoms with Crippen LogP contribution in [0.4, 0.5) is 10.5 Å². The molecular formula is C16H19NO4. The van der Waals surface area contributed by atoms with Crippen LogP contribution < -0.4 is 4.90 Å². The van der Waals surface area contributed by atoms with Gasteiger partial charge in [0, 0.05) is 12.6 Å². The number of hydrogen-bond acceptors (Lipinski definition) is 3. The van der Waals surface area contributed by atoms with Crippen LogP contribution in [0.3, 0.4) is 0 Å². The van der Waals surface area contributed by atoms with Crippen LogP contribution in [0.25, 0.3) is 6.08 Å². The van der Waals surface area contributed by atoms with Crippen LogP contribution in [0.5, 0.6) is 0 Å². The molecule has 1 aliphatic rings. The van der Waals surface area contributed by atoms with E-state index in [1.54, 1.807) is 11.0 Å². The van der Waals surface area contributed by atoms with Crippen LogP contribution in [0.15, 0.2) is 24.3 Å². The summed E-state index contributed by atoms with van der Waals surface area (Å²) in [4.78, 5) is 24.5. The van der Waals surface area contributed by atoms with E-state index in [0.717, 1.165) is 23.7 Å². The maximum Gasteiger partial charge on any atom is 0.414 e. The molecule has 0 radical (unpaired) electrons. The van der Waals surface area contributed by atoms with Gasteiger partial charge in [0.05, 0.1) is 5.69 Å². The van der Waals surface area contributed by atoms with Crippen molar-refractivity contribution in [3.8, 4) is 0 Å². The summed E-state index contributed by atoms with van der Waals surface area (Å²) < 4.78 is 5.41. The SMILES string of the molecule is CC(C)(C)OC(=O)N1CCc2cccc(/C=C\C(=O)O)c21. The van der Waals surface area contributed by atoms with E-state index in [2.05, 4.69) is 0 Å². The highest BCUT2D eigenvalue weighted by atomic mass is 16.6. The molecule has 1 aliphatic heterocycles. The van der Waals surface area contributed by atoms with Crippen LogP contribution in [0.2, 0.25) is 0 Å². The third kappa shape index (κ3) is 3.62. The Morgan fingerprint density at radius 3 is 2.67 bits per heavy atom. The lowest BCUT2D eigenvalue weighted by Gasteiger charge is -2.25. The van der Waals surface area contributed by atoms with E-state index in [-0.39, 0.29) is 0 Å². The number of ether oxygens (including phenoxy) is 1. The van der Waals surface area contributed by atoms with Crippen molar-refractivity contribution >= 4 is 23.8 Å². The predicted octanol–water partition coefficient (Wildman–Crippen LogP) is 3.08. The van der Waals surface area contributed by atoms with Gasteiger partial charge >= 0.3 is 12.1 Å². The maximum atomic E-state index is 12.3. The van der Waals surface area contributed by atoms with Crippen molar-refractivity contribution in [1.29, 1.82) is 0 Å². The lowest BCUT2D eigenvalue weighted by molar-refractivity contribution is -0.131. The van der Waals surface area contributed by atoms with E-state index in [1.807, 2.05) is 32.9 Å². The van der Waals surface area contributed by atoms with E-state index in [1.165, 1.54) is 6.08 Å². The molecule has 0 fully saturated rings. The third-order valence-electron chi connectivity index (χ3n) is 3.04. The van der Waals surface area contributed by atoms with Gasteiger partial charge < -0.3 is 9.84 Å². The smallest absolute Gasteiger partial charge is 0.414 e. The first-order valence-electron chi connectivity index (χ1n) is 6.81. The number of amides is 1. The van der Waals surface area contributed by atoms with E-state index in [0.29, 0.717) is 12.1 Å². The molecule has 0 aliphatic carbocycles. The molecule has 0 unspecified atom stereocenters. The highest BCUT2D eigenvalue weighted by Crippen LogP contribution is 2.33. The Labute approximate surface area is 123 Å². The molecule has 112 valence electrons. The molecule has 0 atom stereocenters. The van der Waals surface area contributed by atoms with Gasteiger partial charge in [-0.05, 0) is 44.4 Å². The van der Waals surface area contributed by atoms with Gasteiger partial charge in [-0.3, -0.25) is 4.90 Å². The van der Waals surface area contributed by atoms with Crippen molar-refractivity contribution in [3.63, 3.8) is 0 Å². The number of rotatable bonds is 2. The van der Waals surface area contributed by atoms with Crippen molar-refractivity contribution in [3.05, 3.63) is 35.4 Å². The minimum Gasteiger partial charge on any atom is -0.478 e. The number of anilines is 1. The fourth-order valence-corrected chi connectivity index (χ4v) is 2.28. The average molecular weight is 289 g/mol. The number of carbonyl (C=O) groups excluding carboxylic acids is 1. The molecule has 0 bridgehead atoms. The summed E-state index contributed by atoms with van der Waals surface area (Å²) >= 11 is 0. The van der Waals surface area contributed by atoms with Gasteiger partial charge in [0.15, 0.2) is 0 Å². The average Bonchev–Trinajstić information content (AvgIpc) is 2.78. The van der Waals surface area contributed by atoms with E-state index < -0.39 is 17.7 Å². The Bertz CT molecular complexity index is 599.